The Kier molecular flexibility index (Phi) is 5.01. The average Bonchev–Trinajstić information content (AvgIpc) is 2.91. The van der Waals surface area contributed by atoms with Gasteiger partial charge in [-0.3, -0.25) is 9.48 Å². The number of nitrogens with zero attached hydrogens (tertiary/aromatic N) is 5. The van der Waals surface area contributed by atoms with Crippen molar-refractivity contribution in [2.75, 3.05) is 23.3 Å². The molecule has 0 unspecified atom stereocenters. The molecule has 1 aliphatic rings. The van der Waals surface area contributed by atoms with Gasteiger partial charge in [-0.2, -0.15) is 5.10 Å². The van der Waals surface area contributed by atoms with E-state index < -0.39 is 0 Å². The number of hydrogen-bond donors (Lipinski definition) is 1. The van der Waals surface area contributed by atoms with E-state index in [1.807, 2.05) is 18.5 Å². The Morgan fingerprint density at radius 1 is 1.28 bits per heavy atom. The van der Waals surface area contributed by atoms with E-state index in [1.165, 1.54) is 0 Å². The van der Waals surface area contributed by atoms with E-state index in [0.29, 0.717) is 12.5 Å². The van der Waals surface area contributed by atoms with Gasteiger partial charge in [-0.1, -0.05) is 0 Å². The zero-order chi connectivity index (χ0) is 18.0. The first-order chi connectivity index (χ1) is 12.0. The van der Waals surface area contributed by atoms with Crippen LogP contribution in [0.2, 0.25) is 0 Å². The van der Waals surface area contributed by atoms with Crippen LogP contribution in [0.3, 0.4) is 0 Å². The Bertz CT molecular complexity index is 740. The second-order valence-electron chi connectivity index (χ2n) is 6.91. The summed E-state index contributed by atoms with van der Waals surface area (Å²) in [5.41, 5.74) is 2.70. The molecule has 0 spiro atoms. The first kappa shape index (κ1) is 17.4. The summed E-state index contributed by atoms with van der Waals surface area (Å²) in [6.07, 6.45) is 5.31. The molecule has 7 nitrogen and oxygen atoms in total. The van der Waals surface area contributed by atoms with Crippen LogP contribution in [0.4, 0.5) is 11.6 Å². The number of aryl methyl sites for hydroxylation is 1. The van der Waals surface area contributed by atoms with E-state index >= 15 is 0 Å². The van der Waals surface area contributed by atoms with Crippen molar-refractivity contribution in [3.8, 4) is 0 Å². The Morgan fingerprint density at radius 2 is 2.00 bits per heavy atom. The Morgan fingerprint density at radius 3 is 2.64 bits per heavy atom. The molecule has 0 bridgehead atoms. The molecule has 7 heteroatoms. The number of rotatable bonds is 4. The van der Waals surface area contributed by atoms with Gasteiger partial charge in [0.15, 0.2) is 0 Å². The molecule has 1 N–H and O–H groups in total. The third-order valence-electron chi connectivity index (χ3n) is 4.69. The molecule has 1 atom stereocenters. The lowest BCUT2D eigenvalue weighted by Crippen LogP contribution is -2.41. The first-order valence-electron chi connectivity index (χ1n) is 8.86. The van der Waals surface area contributed by atoms with Gasteiger partial charge in [-0.25, -0.2) is 9.97 Å². The minimum atomic E-state index is -0.0706. The highest BCUT2D eigenvalue weighted by Crippen LogP contribution is 2.25. The minimum Gasteiger partial charge on any atom is -0.340 e. The van der Waals surface area contributed by atoms with Gasteiger partial charge in [0.2, 0.25) is 11.9 Å². The molecule has 25 heavy (non-hydrogen) atoms. The Balaban J connectivity index is 1.71. The van der Waals surface area contributed by atoms with Crippen molar-refractivity contribution in [3.05, 3.63) is 29.8 Å². The summed E-state index contributed by atoms with van der Waals surface area (Å²) in [4.78, 5) is 23.5. The van der Waals surface area contributed by atoms with Crippen LogP contribution in [0.25, 0.3) is 0 Å². The summed E-state index contributed by atoms with van der Waals surface area (Å²) < 4.78 is 1.95. The molecule has 3 heterocycles. The molecule has 0 aliphatic carbocycles. The Hall–Kier alpha value is -2.44. The number of anilines is 2. The molecule has 2 aromatic rings. The van der Waals surface area contributed by atoms with E-state index in [1.54, 1.807) is 18.5 Å². The molecular formula is C18H26N6O. The van der Waals surface area contributed by atoms with E-state index in [4.69, 9.17) is 0 Å². The van der Waals surface area contributed by atoms with Crippen molar-refractivity contribution >= 4 is 17.5 Å². The van der Waals surface area contributed by atoms with E-state index in [-0.39, 0.29) is 17.9 Å². The van der Waals surface area contributed by atoms with Crippen LogP contribution in [0.1, 0.15) is 44.1 Å². The molecule has 1 amide bonds. The lowest BCUT2D eigenvalue weighted by molar-refractivity contribution is -0.120. The lowest BCUT2D eigenvalue weighted by Gasteiger charge is -2.31. The molecule has 3 rings (SSSR count). The maximum Gasteiger partial charge on any atom is 0.229 e. The summed E-state index contributed by atoms with van der Waals surface area (Å²) in [6.45, 7) is 9.64. The lowest BCUT2D eigenvalue weighted by atomic mass is 9.97. The first-order valence-corrected chi connectivity index (χ1v) is 8.86. The zero-order valence-electron chi connectivity index (χ0n) is 15.4. The summed E-state index contributed by atoms with van der Waals surface area (Å²) in [6, 6.07) is 2.07. The van der Waals surface area contributed by atoms with Crippen molar-refractivity contribution in [1.29, 1.82) is 0 Å². The predicted molar refractivity (Wildman–Crippen MR) is 97.7 cm³/mol. The predicted octanol–water partition coefficient (Wildman–Crippen LogP) is 2.73. The second-order valence-corrected chi connectivity index (χ2v) is 6.91. The fraction of sp³-hybridized carbons (Fsp3) is 0.556. The molecule has 1 saturated heterocycles. The van der Waals surface area contributed by atoms with Gasteiger partial charge in [0.1, 0.15) is 0 Å². The van der Waals surface area contributed by atoms with Crippen LogP contribution in [-0.4, -0.2) is 38.7 Å². The van der Waals surface area contributed by atoms with Crippen LogP contribution in [0.15, 0.2) is 18.5 Å². The van der Waals surface area contributed by atoms with Gasteiger partial charge in [0, 0.05) is 31.5 Å². The van der Waals surface area contributed by atoms with Gasteiger partial charge >= 0.3 is 0 Å². The number of carbonyl (C=O) groups is 1. The second kappa shape index (κ2) is 7.21. The highest BCUT2D eigenvalue weighted by atomic mass is 16.2. The third-order valence-corrected chi connectivity index (χ3v) is 4.69. The van der Waals surface area contributed by atoms with Crippen molar-refractivity contribution in [2.24, 2.45) is 5.92 Å². The third kappa shape index (κ3) is 3.65. The number of aromatic nitrogens is 4. The maximum absolute atomic E-state index is 12.8. The molecule has 0 radical (unpaired) electrons. The van der Waals surface area contributed by atoms with Gasteiger partial charge in [-0.05, 0) is 46.6 Å². The molecular weight excluding hydrogens is 316 g/mol. The van der Waals surface area contributed by atoms with Crippen molar-refractivity contribution in [2.45, 2.75) is 46.6 Å². The normalized spacial score (nSPS) is 17.8. The highest BCUT2D eigenvalue weighted by Gasteiger charge is 2.28. The van der Waals surface area contributed by atoms with Gasteiger partial charge in [-0.15, -0.1) is 0 Å². The zero-order valence-corrected chi connectivity index (χ0v) is 15.4. The molecule has 1 aliphatic heterocycles. The number of piperidine rings is 1. The van der Waals surface area contributed by atoms with E-state index in [9.17, 15) is 4.79 Å². The molecule has 2 aromatic heterocycles. The summed E-state index contributed by atoms with van der Waals surface area (Å²) >= 11 is 0. The SMILES string of the molecule is Cc1nn(C(C)C)c(C)c1NC(=O)[C@@H]1CCCN(c2ncccn2)C1. The summed E-state index contributed by atoms with van der Waals surface area (Å²) in [5.74, 6) is 0.675. The minimum absolute atomic E-state index is 0.0511. The maximum atomic E-state index is 12.8. The number of amides is 1. The van der Waals surface area contributed by atoms with Crippen molar-refractivity contribution < 1.29 is 4.79 Å². The van der Waals surface area contributed by atoms with Crippen molar-refractivity contribution in [3.63, 3.8) is 0 Å². The quantitative estimate of drug-likeness (QED) is 0.924. The average molecular weight is 342 g/mol. The van der Waals surface area contributed by atoms with Crippen LogP contribution in [-0.2, 0) is 4.79 Å². The number of carbonyl (C=O) groups excluding carboxylic acids is 1. The van der Waals surface area contributed by atoms with Crippen molar-refractivity contribution in [1.82, 2.24) is 19.7 Å². The molecule has 0 aromatic carbocycles. The van der Waals surface area contributed by atoms with Crippen LogP contribution in [0, 0.1) is 19.8 Å². The molecule has 134 valence electrons. The van der Waals surface area contributed by atoms with Gasteiger partial charge < -0.3 is 10.2 Å². The molecule has 0 saturated carbocycles. The van der Waals surface area contributed by atoms with Gasteiger partial charge in [0.25, 0.3) is 0 Å². The smallest absolute Gasteiger partial charge is 0.229 e. The van der Waals surface area contributed by atoms with E-state index in [0.717, 1.165) is 36.5 Å². The van der Waals surface area contributed by atoms with E-state index in [2.05, 4.69) is 39.1 Å². The summed E-state index contributed by atoms with van der Waals surface area (Å²) in [5, 5.41) is 7.65. The van der Waals surface area contributed by atoms with Crippen LogP contribution < -0.4 is 10.2 Å². The fourth-order valence-electron chi connectivity index (χ4n) is 3.40. The standard InChI is InChI=1S/C18H26N6O/c1-12(2)24-14(4)16(13(3)22-24)21-17(25)15-7-5-10-23(11-15)18-19-8-6-9-20-18/h6,8-9,12,15H,5,7,10-11H2,1-4H3,(H,21,25)/t15-/m1/s1. The largest absolute Gasteiger partial charge is 0.340 e. The number of hydrogen-bond acceptors (Lipinski definition) is 5. The molecule has 1 fully saturated rings. The van der Waals surface area contributed by atoms with Crippen LogP contribution >= 0.6 is 0 Å². The highest BCUT2D eigenvalue weighted by molar-refractivity contribution is 5.94. The monoisotopic (exact) mass is 342 g/mol. The van der Waals surface area contributed by atoms with Gasteiger partial charge in [0.05, 0.1) is 23.0 Å². The number of nitrogens with one attached hydrogen (secondary N) is 1. The topological polar surface area (TPSA) is 75.9 Å². The van der Waals surface area contributed by atoms with Crippen LogP contribution in [0.5, 0.6) is 0 Å². The Labute approximate surface area is 148 Å². The fourth-order valence-corrected chi connectivity index (χ4v) is 3.40. The summed E-state index contributed by atoms with van der Waals surface area (Å²) in [7, 11) is 0.